The zero-order chi connectivity index (χ0) is 14.0. The van der Waals surface area contributed by atoms with E-state index in [0.29, 0.717) is 12.8 Å². The van der Waals surface area contributed by atoms with Crippen molar-refractivity contribution >= 4 is 15.7 Å². The van der Waals surface area contributed by atoms with Crippen LogP contribution in [0.15, 0.2) is 0 Å². The van der Waals surface area contributed by atoms with E-state index in [9.17, 15) is 13.2 Å². The van der Waals surface area contributed by atoms with Gasteiger partial charge in [0.2, 0.25) is 5.91 Å². The number of carbonyl (C=O) groups is 1. The van der Waals surface area contributed by atoms with Gasteiger partial charge >= 0.3 is 0 Å². The van der Waals surface area contributed by atoms with Crippen LogP contribution in [0.4, 0.5) is 0 Å². The van der Waals surface area contributed by atoms with Gasteiger partial charge in [0.15, 0.2) is 9.84 Å². The molecule has 2 aliphatic heterocycles. The third-order valence-electron chi connectivity index (χ3n) is 3.90. The molecule has 0 aromatic rings. The van der Waals surface area contributed by atoms with Gasteiger partial charge in [-0.05, 0) is 13.5 Å². The smallest absolute Gasteiger partial charge is 0.236 e. The predicted octanol–water partition coefficient (Wildman–Crippen LogP) is -0.425. The molecule has 0 spiro atoms. The van der Waals surface area contributed by atoms with Crippen molar-refractivity contribution in [2.75, 3.05) is 44.7 Å². The van der Waals surface area contributed by atoms with Crippen LogP contribution in [0.25, 0.3) is 0 Å². The summed E-state index contributed by atoms with van der Waals surface area (Å²) in [6.45, 7) is 5.23. The third-order valence-corrected chi connectivity index (χ3v) is 5.65. The monoisotopic (exact) mass is 289 g/mol. The molecule has 2 rings (SSSR count). The summed E-state index contributed by atoms with van der Waals surface area (Å²) in [4.78, 5) is 14.4. The molecule has 2 fully saturated rings. The number of piperazine rings is 1. The Morgan fingerprint density at radius 3 is 2.37 bits per heavy atom. The number of likely N-dealkylation sites (N-methyl/N-ethyl adjacent to an activating group) is 1. The van der Waals surface area contributed by atoms with E-state index in [2.05, 4.69) is 11.9 Å². The molecular formula is C12H23N3O3S. The maximum absolute atomic E-state index is 12.2. The molecule has 6 nitrogen and oxygen atoms in total. The number of hydrazine groups is 1. The summed E-state index contributed by atoms with van der Waals surface area (Å²) in [6.07, 6.45) is 0.989. The van der Waals surface area contributed by atoms with Crippen molar-refractivity contribution in [3.05, 3.63) is 0 Å². The Morgan fingerprint density at radius 2 is 1.89 bits per heavy atom. The highest BCUT2D eigenvalue weighted by molar-refractivity contribution is 7.91. The summed E-state index contributed by atoms with van der Waals surface area (Å²) in [5.41, 5.74) is 0. The minimum Gasteiger partial charge on any atom is -0.304 e. The second kappa shape index (κ2) is 5.76. The molecule has 7 heteroatoms. The van der Waals surface area contributed by atoms with E-state index in [1.165, 1.54) is 0 Å². The lowest BCUT2D eigenvalue weighted by Crippen LogP contribution is -2.58. The first-order chi connectivity index (χ1) is 8.93. The van der Waals surface area contributed by atoms with Gasteiger partial charge in [-0.1, -0.05) is 6.92 Å². The molecule has 0 bridgehead atoms. The van der Waals surface area contributed by atoms with Gasteiger partial charge in [-0.2, -0.15) is 0 Å². The van der Waals surface area contributed by atoms with Crippen LogP contribution in [0.1, 0.15) is 19.8 Å². The minimum atomic E-state index is -2.96. The van der Waals surface area contributed by atoms with E-state index in [1.807, 2.05) is 11.9 Å². The van der Waals surface area contributed by atoms with Gasteiger partial charge in [-0.15, -0.1) is 0 Å². The van der Waals surface area contributed by atoms with E-state index in [4.69, 9.17) is 0 Å². The van der Waals surface area contributed by atoms with Gasteiger partial charge in [0.05, 0.1) is 17.5 Å². The SMILES string of the molecule is CCC(=O)N(C1CCS(=O)(=O)C1)N1CCN(C)CC1. The molecule has 1 atom stereocenters. The molecular weight excluding hydrogens is 266 g/mol. The molecule has 0 radical (unpaired) electrons. The number of hydrogen-bond acceptors (Lipinski definition) is 5. The highest BCUT2D eigenvalue weighted by Crippen LogP contribution is 2.21. The van der Waals surface area contributed by atoms with Crippen LogP contribution in [0.2, 0.25) is 0 Å². The van der Waals surface area contributed by atoms with Crippen LogP contribution in [0, 0.1) is 0 Å². The first-order valence-electron chi connectivity index (χ1n) is 6.89. The molecule has 19 heavy (non-hydrogen) atoms. The number of hydrogen-bond donors (Lipinski definition) is 0. The molecule has 2 saturated heterocycles. The van der Waals surface area contributed by atoms with Crippen LogP contribution in [-0.4, -0.2) is 80.0 Å². The topological polar surface area (TPSA) is 60.9 Å². The lowest BCUT2D eigenvalue weighted by atomic mass is 10.2. The van der Waals surface area contributed by atoms with Crippen LogP contribution in [-0.2, 0) is 14.6 Å². The molecule has 110 valence electrons. The maximum Gasteiger partial charge on any atom is 0.236 e. The number of sulfone groups is 1. The van der Waals surface area contributed by atoms with E-state index in [1.54, 1.807) is 5.01 Å². The number of nitrogens with zero attached hydrogens (tertiary/aromatic N) is 3. The Kier molecular flexibility index (Phi) is 4.47. The highest BCUT2D eigenvalue weighted by atomic mass is 32.2. The van der Waals surface area contributed by atoms with Crippen molar-refractivity contribution < 1.29 is 13.2 Å². The fourth-order valence-electron chi connectivity index (χ4n) is 2.73. The van der Waals surface area contributed by atoms with E-state index < -0.39 is 9.84 Å². The van der Waals surface area contributed by atoms with Crippen molar-refractivity contribution in [1.82, 2.24) is 14.9 Å². The average molecular weight is 289 g/mol. The quantitative estimate of drug-likeness (QED) is 0.706. The van der Waals surface area contributed by atoms with Gasteiger partial charge in [0.25, 0.3) is 0 Å². The molecule has 0 saturated carbocycles. The predicted molar refractivity (Wildman–Crippen MR) is 73.3 cm³/mol. The molecule has 2 aliphatic rings. The molecule has 0 aliphatic carbocycles. The number of rotatable bonds is 3. The van der Waals surface area contributed by atoms with Gasteiger partial charge in [0, 0.05) is 32.6 Å². The number of carbonyl (C=O) groups excluding carboxylic acids is 1. The average Bonchev–Trinajstić information content (AvgIpc) is 2.72. The normalized spacial score (nSPS) is 28.4. The van der Waals surface area contributed by atoms with Gasteiger partial charge in [0.1, 0.15) is 0 Å². The van der Waals surface area contributed by atoms with Crippen LogP contribution >= 0.6 is 0 Å². The summed E-state index contributed by atoms with van der Waals surface area (Å²) in [7, 11) is -0.904. The molecule has 0 aromatic heterocycles. The largest absolute Gasteiger partial charge is 0.304 e. The van der Waals surface area contributed by atoms with Crippen LogP contribution in [0.3, 0.4) is 0 Å². The van der Waals surface area contributed by atoms with Crippen molar-refractivity contribution in [3.8, 4) is 0 Å². The second-order valence-electron chi connectivity index (χ2n) is 5.41. The zero-order valence-electron chi connectivity index (χ0n) is 11.7. The molecule has 1 unspecified atom stereocenters. The molecule has 2 heterocycles. The Bertz CT molecular complexity index is 430. The fourth-order valence-corrected chi connectivity index (χ4v) is 4.43. The summed E-state index contributed by atoms with van der Waals surface area (Å²) in [6, 6.07) is -0.166. The first kappa shape index (κ1) is 14.7. The van der Waals surface area contributed by atoms with Crippen molar-refractivity contribution in [1.29, 1.82) is 0 Å². The van der Waals surface area contributed by atoms with Crippen molar-refractivity contribution in [2.45, 2.75) is 25.8 Å². The first-order valence-corrected chi connectivity index (χ1v) is 8.71. The highest BCUT2D eigenvalue weighted by Gasteiger charge is 2.37. The summed E-state index contributed by atoms with van der Waals surface area (Å²) >= 11 is 0. The second-order valence-corrected chi connectivity index (χ2v) is 7.63. The summed E-state index contributed by atoms with van der Waals surface area (Å²) in [5.74, 6) is 0.357. The minimum absolute atomic E-state index is 0.0339. The summed E-state index contributed by atoms with van der Waals surface area (Å²) < 4.78 is 23.3. The fraction of sp³-hybridized carbons (Fsp3) is 0.917. The maximum atomic E-state index is 12.2. The van der Waals surface area contributed by atoms with Gasteiger partial charge in [-0.25, -0.2) is 13.4 Å². The lowest BCUT2D eigenvalue weighted by molar-refractivity contribution is -0.157. The van der Waals surface area contributed by atoms with Crippen molar-refractivity contribution in [2.24, 2.45) is 0 Å². The van der Waals surface area contributed by atoms with Crippen LogP contribution in [0.5, 0.6) is 0 Å². The Morgan fingerprint density at radius 1 is 1.26 bits per heavy atom. The van der Waals surface area contributed by atoms with E-state index >= 15 is 0 Å². The number of amides is 1. The Balaban J connectivity index is 2.10. The third kappa shape index (κ3) is 3.46. The Hall–Kier alpha value is -0.660. The molecule has 0 N–H and O–H groups in total. The standard InChI is InChI=1S/C12H23N3O3S/c1-3-12(16)15(11-4-9-19(17,18)10-11)14-7-5-13(2)6-8-14/h11H,3-10H2,1-2H3. The van der Waals surface area contributed by atoms with E-state index in [0.717, 1.165) is 26.2 Å². The van der Waals surface area contributed by atoms with Crippen molar-refractivity contribution in [3.63, 3.8) is 0 Å². The molecule has 0 aromatic carbocycles. The Labute approximate surface area is 115 Å². The van der Waals surface area contributed by atoms with Gasteiger partial charge in [-0.3, -0.25) is 9.80 Å². The van der Waals surface area contributed by atoms with Gasteiger partial charge < -0.3 is 4.90 Å². The zero-order valence-corrected chi connectivity index (χ0v) is 12.5. The van der Waals surface area contributed by atoms with Crippen LogP contribution < -0.4 is 0 Å². The summed E-state index contributed by atoms with van der Waals surface area (Å²) in [5, 5.41) is 3.77. The molecule has 1 amide bonds. The van der Waals surface area contributed by atoms with E-state index in [-0.39, 0.29) is 23.5 Å². The lowest BCUT2D eigenvalue weighted by Gasteiger charge is -2.42.